The van der Waals surface area contributed by atoms with Crippen LogP contribution in [0.2, 0.25) is 0 Å². The van der Waals surface area contributed by atoms with Crippen molar-refractivity contribution in [3.63, 3.8) is 0 Å². The van der Waals surface area contributed by atoms with Crippen LogP contribution >= 0.6 is 0 Å². The molecule has 0 radical (unpaired) electrons. The van der Waals surface area contributed by atoms with E-state index in [1.807, 2.05) is 0 Å². The lowest BCUT2D eigenvalue weighted by molar-refractivity contribution is -0.167. The van der Waals surface area contributed by atoms with Crippen molar-refractivity contribution in [2.75, 3.05) is 13.2 Å². The summed E-state index contributed by atoms with van der Waals surface area (Å²) in [6, 6.07) is 0. The average Bonchev–Trinajstić information content (AvgIpc) is 3.39. The largest absolute Gasteiger partial charge is 0.462 e. The highest BCUT2D eigenvalue weighted by Crippen LogP contribution is 2.17. The molecule has 0 rings (SSSR count). The second kappa shape index (κ2) is 61.4. The second-order valence-corrected chi connectivity index (χ2v) is 21.0. The normalized spacial score (nSPS) is 12.5. The third-order valence-corrected chi connectivity index (χ3v) is 13.7. The predicted octanol–water partition coefficient (Wildman–Crippen LogP) is 21.3. The van der Waals surface area contributed by atoms with Gasteiger partial charge < -0.3 is 14.2 Å². The van der Waals surface area contributed by atoms with Crippen molar-refractivity contribution in [2.45, 2.75) is 322 Å². The zero-order valence-corrected chi connectivity index (χ0v) is 48.4. The number of unbranched alkanes of at least 4 members (excludes halogenated alkanes) is 34. The van der Waals surface area contributed by atoms with Gasteiger partial charge in [0.2, 0.25) is 0 Å². The first-order valence-corrected chi connectivity index (χ1v) is 31.4. The Kier molecular flexibility index (Phi) is 58.7. The molecule has 0 saturated carbocycles. The summed E-state index contributed by atoms with van der Waals surface area (Å²) < 4.78 is 16.9. The Labute approximate surface area is 453 Å². The molecule has 1 atom stereocenters. The minimum atomic E-state index is -0.797. The Morgan fingerprint density at radius 2 is 0.493 bits per heavy atom. The van der Waals surface area contributed by atoms with Gasteiger partial charge in [-0.3, -0.25) is 14.4 Å². The molecule has 6 heteroatoms. The van der Waals surface area contributed by atoms with Crippen LogP contribution in [0.5, 0.6) is 0 Å². The zero-order chi connectivity index (χ0) is 52.9. The Bertz CT molecular complexity index is 1360. The number of ether oxygens (including phenoxy) is 3. The SMILES string of the molecule is CCCCC/C=C\C/C=C\C/C=C\CCCCCCC(=O)OC[C@H](COC(=O)CCCCCCCCCCCCCCCCCCCCCCC)OC(=O)CCCCCC/C=C\C/C=C\C/C=C\CCCCC. The maximum absolute atomic E-state index is 12.9. The fourth-order valence-corrected chi connectivity index (χ4v) is 8.93. The van der Waals surface area contributed by atoms with E-state index in [0.717, 1.165) is 109 Å². The van der Waals surface area contributed by atoms with Crippen LogP contribution in [0.15, 0.2) is 72.9 Å². The van der Waals surface area contributed by atoms with Crippen molar-refractivity contribution in [1.29, 1.82) is 0 Å². The van der Waals surface area contributed by atoms with Crippen LogP contribution in [-0.4, -0.2) is 37.2 Å². The summed E-state index contributed by atoms with van der Waals surface area (Å²) in [5.74, 6) is -0.919. The third kappa shape index (κ3) is 59.6. The van der Waals surface area contributed by atoms with Crippen molar-refractivity contribution in [3.8, 4) is 0 Å². The number of hydrogen-bond donors (Lipinski definition) is 0. The topological polar surface area (TPSA) is 78.9 Å². The van der Waals surface area contributed by atoms with Crippen LogP contribution in [0, 0.1) is 0 Å². The molecule has 0 amide bonds. The number of carbonyl (C=O) groups excluding carboxylic acids is 3. The highest BCUT2D eigenvalue weighted by Gasteiger charge is 2.19. The maximum Gasteiger partial charge on any atom is 0.306 e. The highest BCUT2D eigenvalue weighted by molar-refractivity contribution is 5.71. The number of hydrogen-bond acceptors (Lipinski definition) is 6. The molecule has 0 bridgehead atoms. The molecule has 0 aromatic rings. The minimum absolute atomic E-state index is 0.0894. The molecule has 0 aromatic carbocycles. The standard InChI is InChI=1S/C67H118O6/c1-4-7-10-13-16-19-22-25-28-31-32-33-34-37-39-42-45-48-51-54-57-60-66(69)72-63-64(73-67(70)61-58-55-52-49-46-43-40-36-30-27-24-21-18-15-12-9-6-3)62-71-65(68)59-56-53-50-47-44-41-38-35-29-26-23-20-17-14-11-8-5-2/h17-18,20-21,26-27,29-30,38,40-41,43,64H,4-16,19,22-25,28,31-37,39,42,44-63H2,1-3H3/b20-17-,21-18-,29-26-,30-27-,41-38-,43-40-/t64-/m1/s1. The van der Waals surface area contributed by atoms with E-state index >= 15 is 0 Å². The molecule has 0 spiro atoms. The Morgan fingerprint density at radius 1 is 0.274 bits per heavy atom. The van der Waals surface area contributed by atoms with Gasteiger partial charge in [-0.1, -0.05) is 273 Å². The van der Waals surface area contributed by atoms with E-state index in [1.165, 1.54) is 167 Å². The summed E-state index contributed by atoms with van der Waals surface area (Å²) in [7, 11) is 0. The molecule has 0 unspecified atom stereocenters. The predicted molar refractivity (Wildman–Crippen MR) is 316 cm³/mol. The number of carbonyl (C=O) groups is 3. The quantitative estimate of drug-likeness (QED) is 0.0261. The Hall–Kier alpha value is -3.15. The number of esters is 3. The Morgan fingerprint density at radius 3 is 0.795 bits per heavy atom. The fraction of sp³-hybridized carbons (Fsp3) is 0.776. The van der Waals surface area contributed by atoms with Crippen LogP contribution in [0.4, 0.5) is 0 Å². The molecular formula is C67H118O6. The summed E-state index contributed by atoms with van der Waals surface area (Å²) in [5.41, 5.74) is 0. The molecule has 0 N–H and O–H groups in total. The molecule has 422 valence electrons. The number of allylic oxidation sites excluding steroid dienone is 12. The molecule has 0 heterocycles. The third-order valence-electron chi connectivity index (χ3n) is 13.7. The molecule has 0 aliphatic heterocycles. The average molecular weight is 1020 g/mol. The first-order valence-electron chi connectivity index (χ1n) is 31.4. The first kappa shape index (κ1) is 69.8. The second-order valence-electron chi connectivity index (χ2n) is 21.0. The van der Waals surface area contributed by atoms with Gasteiger partial charge in [0.25, 0.3) is 0 Å². The summed E-state index contributed by atoms with van der Waals surface area (Å²) in [6.45, 7) is 6.59. The summed E-state index contributed by atoms with van der Waals surface area (Å²) >= 11 is 0. The van der Waals surface area contributed by atoms with Gasteiger partial charge in [-0.15, -0.1) is 0 Å². The summed E-state index contributed by atoms with van der Waals surface area (Å²) in [6.07, 6.45) is 79.0. The van der Waals surface area contributed by atoms with Gasteiger partial charge in [-0.05, 0) is 96.3 Å². The summed E-state index contributed by atoms with van der Waals surface area (Å²) in [4.78, 5) is 38.3. The van der Waals surface area contributed by atoms with Crippen LogP contribution in [0.3, 0.4) is 0 Å². The maximum atomic E-state index is 12.9. The smallest absolute Gasteiger partial charge is 0.306 e. The van der Waals surface area contributed by atoms with E-state index in [0.29, 0.717) is 19.3 Å². The molecule has 0 aliphatic rings. The van der Waals surface area contributed by atoms with Crippen molar-refractivity contribution >= 4 is 17.9 Å². The van der Waals surface area contributed by atoms with Crippen LogP contribution < -0.4 is 0 Å². The van der Waals surface area contributed by atoms with E-state index in [1.54, 1.807) is 0 Å². The van der Waals surface area contributed by atoms with Crippen molar-refractivity contribution in [2.24, 2.45) is 0 Å². The highest BCUT2D eigenvalue weighted by atomic mass is 16.6. The molecule has 0 aromatic heterocycles. The monoisotopic (exact) mass is 1020 g/mol. The van der Waals surface area contributed by atoms with Gasteiger partial charge in [-0.2, -0.15) is 0 Å². The fourth-order valence-electron chi connectivity index (χ4n) is 8.93. The van der Waals surface area contributed by atoms with Crippen LogP contribution in [-0.2, 0) is 28.6 Å². The van der Waals surface area contributed by atoms with Gasteiger partial charge in [0, 0.05) is 19.3 Å². The van der Waals surface area contributed by atoms with E-state index in [9.17, 15) is 14.4 Å². The van der Waals surface area contributed by atoms with Crippen LogP contribution in [0.1, 0.15) is 316 Å². The molecule has 0 fully saturated rings. The van der Waals surface area contributed by atoms with Crippen LogP contribution in [0.25, 0.3) is 0 Å². The van der Waals surface area contributed by atoms with E-state index in [-0.39, 0.29) is 31.1 Å². The minimum Gasteiger partial charge on any atom is -0.462 e. The van der Waals surface area contributed by atoms with Crippen molar-refractivity contribution in [3.05, 3.63) is 72.9 Å². The van der Waals surface area contributed by atoms with Gasteiger partial charge >= 0.3 is 17.9 Å². The molecule has 73 heavy (non-hydrogen) atoms. The molecular weight excluding hydrogens is 901 g/mol. The lowest BCUT2D eigenvalue weighted by atomic mass is 10.0. The van der Waals surface area contributed by atoms with Gasteiger partial charge in [0.1, 0.15) is 13.2 Å². The lowest BCUT2D eigenvalue weighted by Crippen LogP contribution is -2.30. The summed E-state index contributed by atoms with van der Waals surface area (Å²) in [5, 5.41) is 0. The van der Waals surface area contributed by atoms with Crippen molar-refractivity contribution in [1.82, 2.24) is 0 Å². The Balaban J connectivity index is 4.40. The lowest BCUT2D eigenvalue weighted by Gasteiger charge is -2.18. The van der Waals surface area contributed by atoms with Gasteiger partial charge in [-0.25, -0.2) is 0 Å². The van der Waals surface area contributed by atoms with Gasteiger partial charge in [0.05, 0.1) is 0 Å². The molecule has 0 saturated heterocycles. The van der Waals surface area contributed by atoms with Gasteiger partial charge in [0.15, 0.2) is 6.10 Å². The zero-order valence-electron chi connectivity index (χ0n) is 48.4. The molecule has 6 nitrogen and oxygen atoms in total. The van der Waals surface area contributed by atoms with Crippen molar-refractivity contribution < 1.29 is 28.6 Å². The molecule has 0 aliphatic carbocycles. The number of rotatable bonds is 57. The van der Waals surface area contributed by atoms with E-state index in [2.05, 4.69) is 93.7 Å². The first-order chi connectivity index (χ1) is 36.0. The van der Waals surface area contributed by atoms with E-state index < -0.39 is 6.10 Å². The van der Waals surface area contributed by atoms with E-state index in [4.69, 9.17) is 14.2 Å².